The number of nitrogens with one attached hydrogen (secondary N) is 1. The van der Waals surface area contributed by atoms with Crippen LogP contribution in [-0.4, -0.2) is 15.0 Å². The fourth-order valence-electron chi connectivity index (χ4n) is 3.85. The highest BCUT2D eigenvalue weighted by Crippen LogP contribution is 2.22. The Balaban J connectivity index is 1.87. The van der Waals surface area contributed by atoms with E-state index in [9.17, 15) is 19.6 Å². The van der Waals surface area contributed by atoms with Gasteiger partial charge in [0.1, 0.15) is 18.2 Å². The largest absolute Gasteiger partial charge is 0.347 e. The summed E-state index contributed by atoms with van der Waals surface area (Å²) in [5, 5.41) is 12.3. The van der Waals surface area contributed by atoms with E-state index in [1.54, 1.807) is 0 Å². The Morgan fingerprint density at radius 3 is 2.52 bits per heavy atom. The molecule has 1 aromatic heterocycles. The van der Waals surface area contributed by atoms with Crippen LogP contribution >= 0.6 is 0 Å². The quantitative estimate of drug-likeness (QED) is 0.809. The van der Waals surface area contributed by atoms with Crippen molar-refractivity contribution in [1.82, 2.24) is 14.5 Å². The van der Waals surface area contributed by atoms with Crippen LogP contribution in [0, 0.1) is 17.2 Å². The number of carbonyl (C=O) groups is 1. The second-order valence-electron chi connectivity index (χ2n) is 7.75. The lowest BCUT2D eigenvalue weighted by molar-refractivity contribution is -0.122. The Morgan fingerprint density at radius 2 is 1.93 bits per heavy atom. The van der Waals surface area contributed by atoms with E-state index in [0.29, 0.717) is 25.1 Å². The standard InChI is InChI=1S/C22H26N4O3/c1-4-15-7-9-16(10-8-15)20(14(2)3)24-19(27)13-26-21(28)17(12-23)18-6-5-11-25(18)22(26)29/h7-10,14,20H,4-6,11,13H2,1-3H3,(H,24,27)/t20-/m0/s1. The molecule has 1 aromatic carbocycles. The van der Waals surface area contributed by atoms with Gasteiger partial charge in [-0.2, -0.15) is 5.26 Å². The minimum atomic E-state index is -0.686. The summed E-state index contributed by atoms with van der Waals surface area (Å²) in [5.74, 6) is -0.302. The molecule has 7 heteroatoms. The summed E-state index contributed by atoms with van der Waals surface area (Å²) >= 11 is 0. The van der Waals surface area contributed by atoms with E-state index in [1.807, 2.05) is 44.2 Å². The van der Waals surface area contributed by atoms with E-state index in [2.05, 4.69) is 12.2 Å². The maximum absolute atomic E-state index is 12.7. The second-order valence-corrected chi connectivity index (χ2v) is 7.75. The van der Waals surface area contributed by atoms with Gasteiger partial charge < -0.3 is 5.32 Å². The third kappa shape index (κ3) is 4.02. The van der Waals surface area contributed by atoms with Gasteiger partial charge in [0, 0.05) is 12.2 Å². The van der Waals surface area contributed by atoms with Gasteiger partial charge >= 0.3 is 5.69 Å². The maximum atomic E-state index is 12.7. The van der Waals surface area contributed by atoms with Gasteiger partial charge in [0.2, 0.25) is 5.91 Å². The van der Waals surface area contributed by atoms with Crippen LogP contribution in [0.1, 0.15) is 55.6 Å². The van der Waals surface area contributed by atoms with Crippen LogP contribution in [0.3, 0.4) is 0 Å². The molecule has 0 radical (unpaired) electrons. The maximum Gasteiger partial charge on any atom is 0.331 e. The highest BCUT2D eigenvalue weighted by Gasteiger charge is 2.25. The molecule has 7 nitrogen and oxygen atoms in total. The Morgan fingerprint density at radius 1 is 1.24 bits per heavy atom. The molecule has 0 unspecified atom stereocenters. The number of carbonyl (C=O) groups excluding carboxylic acids is 1. The molecule has 0 bridgehead atoms. The van der Waals surface area contributed by atoms with Crippen LogP contribution in [0.2, 0.25) is 0 Å². The summed E-state index contributed by atoms with van der Waals surface area (Å²) in [6.45, 7) is 6.15. The first kappa shape index (κ1) is 20.6. The Kier molecular flexibility index (Phi) is 6.02. The number of hydrogen-bond donors (Lipinski definition) is 1. The minimum absolute atomic E-state index is 0.0366. The number of hydrogen-bond acceptors (Lipinski definition) is 4. The number of amides is 1. The normalized spacial score (nSPS) is 13.8. The molecule has 3 rings (SSSR count). The summed E-state index contributed by atoms with van der Waals surface area (Å²) in [5.41, 5.74) is 1.42. The van der Waals surface area contributed by atoms with E-state index in [4.69, 9.17) is 0 Å². The van der Waals surface area contributed by atoms with Crippen molar-refractivity contribution >= 4 is 5.91 Å². The van der Waals surface area contributed by atoms with Crippen LogP contribution in [0.5, 0.6) is 0 Å². The highest BCUT2D eigenvalue weighted by molar-refractivity contribution is 5.76. The van der Waals surface area contributed by atoms with Crippen molar-refractivity contribution < 1.29 is 4.79 Å². The average molecular weight is 394 g/mol. The number of nitrogens with zero attached hydrogens (tertiary/aromatic N) is 3. The number of rotatable bonds is 6. The summed E-state index contributed by atoms with van der Waals surface area (Å²) in [6.07, 6.45) is 2.18. The summed E-state index contributed by atoms with van der Waals surface area (Å²) in [4.78, 5) is 38.0. The third-order valence-corrected chi connectivity index (χ3v) is 5.47. The van der Waals surface area contributed by atoms with E-state index < -0.39 is 23.7 Å². The van der Waals surface area contributed by atoms with Crippen molar-refractivity contribution in [1.29, 1.82) is 5.26 Å². The van der Waals surface area contributed by atoms with Crippen LogP contribution < -0.4 is 16.6 Å². The van der Waals surface area contributed by atoms with Crippen LogP contribution in [-0.2, 0) is 30.7 Å². The van der Waals surface area contributed by atoms with E-state index in [0.717, 1.165) is 16.6 Å². The zero-order valence-electron chi connectivity index (χ0n) is 17.1. The summed E-state index contributed by atoms with van der Waals surface area (Å²) < 4.78 is 2.32. The number of aromatic nitrogens is 2. The molecule has 0 saturated heterocycles. The molecule has 1 aliphatic rings. The second kappa shape index (κ2) is 8.48. The van der Waals surface area contributed by atoms with Crippen LogP contribution in [0.4, 0.5) is 0 Å². The van der Waals surface area contributed by atoms with Crippen molar-refractivity contribution in [3.05, 3.63) is 67.5 Å². The molecule has 1 aliphatic heterocycles. The van der Waals surface area contributed by atoms with Crippen molar-refractivity contribution in [2.24, 2.45) is 5.92 Å². The molecule has 0 fully saturated rings. The Bertz CT molecular complexity index is 1070. The topological polar surface area (TPSA) is 96.9 Å². The van der Waals surface area contributed by atoms with Crippen molar-refractivity contribution in [3.63, 3.8) is 0 Å². The number of nitriles is 1. The van der Waals surface area contributed by atoms with Crippen molar-refractivity contribution in [3.8, 4) is 6.07 Å². The molecule has 0 aliphatic carbocycles. The van der Waals surface area contributed by atoms with Gasteiger partial charge in [0.25, 0.3) is 5.56 Å². The first-order valence-electron chi connectivity index (χ1n) is 10.0. The molecule has 29 heavy (non-hydrogen) atoms. The van der Waals surface area contributed by atoms with E-state index >= 15 is 0 Å². The number of fused-ring (bicyclic) bond motifs is 1. The lowest BCUT2D eigenvalue weighted by Gasteiger charge is -2.23. The zero-order valence-corrected chi connectivity index (χ0v) is 17.1. The first-order chi connectivity index (χ1) is 13.9. The predicted octanol–water partition coefficient (Wildman–Crippen LogP) is 1.90. The number of benzene rings is 1. The zero-order chi connectivity index (χ0) is 21.1. The van der Waals surface area contributed by atoms with Gasteiger partial charge in [-0.1, -0.05) is 45.0 Å². The minimum Gasteiger partial charge on any atom is -0.347 e. The number of aryl methyl sites for hydroxylation is 1. The average Bonchev–Trinajstić information content (AvgIpc) is 3.19. The SMILES string of the molecule is CCc1ccc([C@@H](NC(=O)Cn2c(=O)c(C#N)c3n(c2=O)CCC3)C(C)C)cc1. The van der Waals surface area contributed by atoms with Gasteiger partial charge in [-0.25, -0.2) is 9.36 Å². The van der Waals surface area contributed by atoms with Crippen molar-refractivity contribution in [2.75, 3.05) is 0 Å². The summed E-state index contributed by atoms with van der Waals surface area (Å²) in [7, 11) is 0. The molecule has 1 atom stereocenters. The van der Waals surface area contributed by atoms with Crippen molar-refractivity contribution in [2.45, 2.75) is 59.2 Å². The third-order valence-electron chi connectivity index (χ3n) is 5.47. The lowest BCUT2D eigenvalue weighted by Crippen LogP contribution is -2.46. The fraction of sp³-hybridized carbons (Fsp3) is 0.455. The Hall–Kier alpha value is -3.14. The molecule has 2 heterocycles. The molecule has 1 amide bonds. The predicted molar refractivity (Wildman–Crippen MR) is 110 cm³/mol. The molecular weight excluding hydrogens is 368 g/mol. The molecule has 0 spiro atoms. The smallest absolute Gasteiger partial charge is 0.331 e. The summed E-state index contributed by atoms with van der Waals surface area (Å²) in [6, 6.07) is 9.73. The molecule has 152 valence electrons. The Labute approximate surface area is 169 Å². The van der Waals surface area contributed by atoms with Gasteiger partial charge in [0.15, 0.2) is 0 Å². The first-order valence-corrected chi connectivity index (χ1v) is 10.0. The highest BCUT2D eigenvalue weighted by atomic mass is 16.2. The van der Waals surface area contributed by atoms with Crippen LogP contribution in [0.15, 0.2) is 33.9 Å². The molecule has 0 saturated carbocycles. The van der Waals surface area contributed by atoms with Gasteiger partial charge in [-0.3, -0.25) is 14.2 Å². The van der Waals surface area contributed by atoms with E-state index in [-0.39, 0.29) is 17.5 Å². The molecule has 2 aromatic rings. The monoisotopic (exact) mass is 394 g/mol. The molecular formula is C22H26N4O3. The van der Waals surface area contributed by atoms with E-state index in [1.165, 1.54) is 10.1 Å². The molecule has 1 N–H and O–H groups in total. The van der Waals surface area contributed by atoms with Crippen LogP contribution in [0.25, 0.3) is 0 Å². The van der Waals surface area contributed by atoms with Gasteiger partial charge in [-0.05, 0) is 36.3 Å². The van der Waals surface area contributed by atoms with Gasteiger partial charge in [-0.15, -0.1) is 0 Å². The van der Waals surface area contributed by atoms with Gasteiger partial charge in [0.05, 0.1) is 6.04 Å². The fourth-order valence-corrected chi connectivity index (χ4v) is 3.85. The lowest BCUT2D eigenvalue weighted by atomic mass is 9.95.